The van der Waals surface area contributed by atoms with Gasteiger partial charge in [-0.2, -0.15) is 0 Å². The van der Waals surface area contributed by atoms with Gasteiger partial charge in [0.05, 0.1) is 13.2 Å². The van der Waals surface area contributed by atoms with Gasteiger partial charge >= 0.3 is 0 Å². The van der Waals surface area contributed by atoms with E-state index in [1.54, 1.807) is 7.11 Å². The van der Waals surface area contributed by atoms with Crippen LogP contribution in [0.5, 0.6) is 5.75 Å². The van der Waals surface area contributed by atoms with Gasteiger partial charge in [0, 0.05) is 18.5 Å². The highest BCUT2D eigenvalue weighted by molar-refractivity contribution is 5.85. The van der Waals surface area contributed by atoms with Gasteiger partial charge < -0.3 is 15.4 Å². The van der Waals surface area contributed by atoms with E-state index in [0.717, 1.165) is 50.1 Å². The summed E-state index contributed by atoms with van der Waals surface area (Å²) in [6.07, 6.45) is 4.20. The molecule has 2 fully saturated rings. The van der Waals surface area contributed by atoms with Crippen molar-refractivity contribution in [3.8, 4) is 5.75 Å². The predicted molar refractivity (Wildman–Crippen MR) is 105 cm³/mol. The Labute approximate surface area is 162 Å². The van der Waals surface area contributed by atoms with Crippen LogP contribution in [0.1, 0.15) is 44.2 Å². The van der Waals surface area contributed by atoms with Crippen LogP contribution in [0.4, 0.5) is 0 Å². The zero-order chi connectivity index (χ0) is 17.6. The molecule has 4 unspecified atom stereocenters. The molecule has 2 aliphatic heterocycles. The normalized spacial score (nSPS) is 25.7. The number of hydrogen-bond acceptors (Lipinski definition) is 5. The summed E-state index contributed by atoms with van der Waals surface area (Å²) in [5, 5.41) is 6.67. The number of unbranched alkanes of at least 4 members (excludes halogenated alkanes) is 1. The highest BCUT2D eigenvalue weighted by Gasteiger charge is 2.41. The lowest BCUT2D eigenvalue weighted by atomic mass is 9.88. The Hall–Kier alpha value is -1.34. The van der Waals surface area contributed by atoms with Crippen molar-refractivity contribution in [2.24, 2.45) is 5.92 Å². The number of methoxy groups -OCH3 is 1. The minimum absolute atomic E-state index is 0. The third-order valence-electron chi connectivity index (χ3n) is 5.34. The molecule has 1 amide bonds. The van der Waals surface area contributed by atoms with Crippen LogP contribution >= 0.6 is 12.4 Å². The van der Waals surface area contributed by atoms with Crippen LogP contribution in [0, 0.1) is 5.92 Å². The van der Waals surface area contributed by atoms with Crippen molar-refractivity contribution in [3.63, 3.8) is 0 Å². The topological polar surface area (TPSA) is 74.4 Å². The van der Waals surface area contributed by atoms with Crippen molar-refractivity contribution in [1.82, 2.24) is 21.5 Å². The van der Waals surface area contributed by atoms with E-state index in [0.29, 0.717) is 12.0 Å². The van der Waals surface area contributed by atoms with E-state index >= 15 is 0 Å². The summed E-state index contributed by atoms with van der Waals surface area (Å²) in [6.45, 7) is 4.06. The molecular formula is C19H31ClN4O2. The zero-order valence-electron chi connectivity index (χ0n) is 15.6. The van der Waals surface area contributed by atoms with Crippen LogP contribution in [0.25, 0.3) is 0 Å². The van der Waals surface area contributed by atoms with E-state index in [1.165, 1.54) is 0 Å². The molecular weight excluding hydrogens is 352 g/mol. The van der Waals surface area contributed by atoms with Crippen molar-refractivity contribution in [1.29, 1.82) is 0 Å². The summed E-state index contributed by atoms with van der Waals surface area (Å²) in [5.41, 5.74) is 7.63. The number of halogens is 1. The highest BCUT2D eigenvalue weighted by atomic mass is 35.5. The standard InChI is InChI=1S/C19H30N4O2.ClH/c1-3-4-5-16(13-6-8-14(25-2)9-7-13)21-19(24)18-15-12-20-11-10-17(15)22-23-18;/h6-9,15-18,20,22-23H,3-5,10-12H2,1-2H3,(H,21,24);1H. The number of carbonyl (C=O) groups is 1. The molecule has 2 heterocycles. The molecule has 1 aromatic carbocycles. The quantitative estimate of drug-likeness (QED) is 0.579. The maximum absolute atomic E-state index is 12.9. The first-order valence-corrected chi connectivity index (χ1v) is 9.39. The molecule has 26 heavy (non-hydrogen) atoms. The lowest BCUT2D eigenvalue weighted by Gasteiger charge is -2.28. The fraction of sp³-hybridized carbons (Fsp3) is 0.632. The summed E-state index contributed by atoms with van der Waals surface area (Å²) in [5.74, 6) is 1.22. The van der Waals surface area contributed by atoms with Crippen LogP contribution in [0.2, 0.25) is 0 Å². The van der Waals surface area contributed by atoms with Gasteiger partial charge in [-0.15, -0.1) is 12.4 Å². The minimum atomic E-state index is -0.180. The Bertz CT molecular complexity index is 569. The molecule has 2 saturated heterocycles. The Morgan fingerprint density at radius 2 is 2.08 bits per heavy atom. The van der Waals surface area contributed by atoms with Crippen LogP contribution in [0.3, 0.4) is 0 Å². The highest BCUT2D eigenvalue weighted by Crippen LogP contribution is 2.24. The van der Waals surface area contributed by atoms with Crippen molar-refractivity contribution in [2.45, 2.75) is 50.7 Å². The second-order valence-corrected chi connectivity index (χ2v) is 7.01. The number of rotatable bonds is 7. The lowest BCUT2D eigenvalue weighted by molar-refractivity contribution is -0.124. The number of piperidine rings is 1. The monoisotopic (exact) mass is 382 g/mol. The van der Waals surface area contributed by atoms with Gasteiger partial charge in [-0.25, -0.2) is 5.43 Å². The second-order valence-electron chi connectivity index (χ2n) is 7.01. The summed E-state index contributed by atoms with van der Waals surface area (Å²) in [7, 11) is 1.67. The Morgan fingerprint density at radius 1 is 1.31 bits per heavy atom. The fourth-order valence-electron chi connectivity index (χ4n) is 3.80. The maximum atomic E-state index is 12.9. The van der Waals surface area contributed by atoms with E-state index < -0.39 is 0 Å². The van der Waals surface area contributed by atoms with Crippen LogP contribution in [-0.4, -0.2) is 38.2 Å². The molecule has 4 atom stereocenters. The summed E-state index contributed by atoms with van der Waals surface area (Å²) >= 11 is 0. The molecule has 1 aromatic rings. The van der Waals surface area contributed by atoms with Crippen LogP contribution in [-0.2, 0) is 4.79 Å². The van der Waals surface area contributed by atoms with E-state index in [9.17, 15) is 4.79 Å². The summed E-state index contributed by atoms with van der Waals surface area (Å²) in [6, 6.07) is 8.24. The van der Waals surface area contributed by atoms with Gasteiger partial charge in [-0.05, 0) is 37.1 Å². The number of ether oxygens (including phenoxy) is 1. The first-order valence-electron chi connectivity index (χ1n) is 9.39. The largest absolute Gasteiger partial charge is 0.497 e. The molecule has 0 radical (unpaired) electrons. The molecule has 0 bridgehead atoms. The lowest BCUT2D eigenvalue weighted by Crippen LogP contribution is -2.49. The van der Waals surface area contributed by atoms with E-state index in [1.807, 2.05) is 24.3 Å². The molecule has 3 rings (SSSR count). The number of hydrazine groups is 1. The predicted octanol–water partition coefficient (Wildman–Crippen LogP) is 1.92. The van der Waals surface area contributed by atoms with Gasteiger partial charge in [0.1, 0.15) is 11.8 Å². The summed E-state index contributed by atoms with van der Waals surface area (Å²) < 4.78 is 5.24. The Balaban J connectivity index is 0.00000243. The average molecular weight is 383 g/mol. The zero-order valence-corrected chi connectivity index (χ0v) is 16.4. The van der Waals surface area contributed by atoms with Crippen molar-refractivity contribution >= 4 is 18.3 Å². The van der Waals surface area contributed by atoms with Gasteiger partial charge in [-0.1, -0.05) is 31.9 Å². The third kappa shape index (κ3) is 4.88. The van der Waals surface area contributed by atoms with Crippen molar-refractivity contribution < 1.29 is 9.53 Å². The number of hydrogen-bond donors (Lipinski definition) is 4. The molecule has 0 saturated carbocycles. The van der Waals surface area contributed by atoms with E-state index in [-0.39, 0.29) is 30.4 Å². The molecule has 7 heteroatoms. The Kier molecular flexibility index (Phi) is 8.15. The first kappa shape index (κ1) is 21.0. The third-order valence-corrected chi connectivity index (χ3v) is 5.34. The van der Waals surface area contributed by atoms with Gasteiger partial charge in [-0.3, -0.25) is 10.2 Å². The number of nitrogens with one attached hydrogen (secondary N) is 4. The average Bonchev–Trinajstić information content (AvgIpc) is 3.09. The molecule has 2 aliphatic rings. The summed E-state index contributed by atoms with van der Waals surface area (Å²) in [4.78, 5) is 12.9. The van der Waals surface area contributed by atoms with Crippen molar-refractivity contribution in [2.75, 3.05) is 20.2 Å². The minimum Gasteiger partial charge on any atom is -0.497 e. The SMILES string of the molecule is CCCCC(NC(=O)C1NNC2CCNCC21)c1ccc(OC)cc1.Cl. The molecule has 0 aliphatic carbocycles. The number of amides is 1. The first-order chi connectivity index (χ1) is 12.2. The molecule has 0 spiro atoms. The van der Waals surface area contributed by atoms with Gasteiger partial charge in [0.2, 0.25) is 5.91 Å². The molecule has 0 aromatic heterocycles. The smallest absolute Gasteiger partial charge is 0.239 e. The maximum Gasteiger partial charge on any atom is 0.239 e. The van der Waals surface area contributed by atoms with E-state index in [2.05, 4.69) is 28.4 Å². The van der Waals surface area contributed by atoms with E-state index in [4.69, 9.17) is 4.74 Å². The van der Waals surface area contributed by atoms with Crippen LogP contribution in [0.15, 0.2) is 24.3 Å². The molecule has 146 valence electrons. The number of carbonyl (C=O) groups excluding carboxylic acids is 1. The Morgan fingerprint density at radius 3 is 2.77 bits per heavy atom. The molecule has 6 nitrogen and oxygen atoms in total. The number of fused-ring (bicyclic) bond motifs is 1. The van der Waals surface area contributed by atoms with Gasteiger partial charge in [0.15, 0.2) is 0 Å². The number of benzene rings is 1. The molecule has 4 N–H and O–H groups in total. The fourth-order valence-corrected chi connectivity index (χ4v) is 3.80. The van der Waals surface area contributed by atoms with Crippen molar-refractivity contribution in [3.05, 3.63) is 29.8 Å². The van der Waals surface area contributed by atoms with Gasteiger partial charge in [0.25, 0.3) is 0 Å². The second kappa shape index (κ2) is 10.1. The van der Waals surface area contributed by atoms with Crippen LogP contribution < -0.4 is 26.2 Å².